The van der Waals surface area contributed by atoms with Crippen LogP contribution in [0.3, 0.4) is 0 Å². The monoisotopic (exact) mass is 1380 g/mol. The third kappa shape index (κ3) is 68.6. The highest BCUT2D eigenvalue weighted by molar-refractivity contribution is 7.47. The molecule has 0 fully saturated rings. The Hall–Kier alpha value is -1.94. The van der Waals surface area contributed by atoms with E-state index in [9.17, 15) is 43.2 Å². The van der Waals surface area contributed by atoms with Crippen LogP contribution in [0.1, 0.15) is 376 Å². The third-order valence-corrected chi connectivity index (χ3v) is 19.2. The van der Waals surface area contributed by atoms with Crippen LogP contribution < -0.4 is 0 Å². The maximum absolute atomic E-state index is 13.1. The number of phosphoric acid groups is 2. The lowest BCUT2D eigenvalue weighted by Crippen LogP contribution is -2.30. The number of carbonyl (C=O) groups is 4. The topological polar surface area (TPSA) is 237 Å². The molecule has 0 saturated carbocycles. The fourth-order valence-electron chi connectivity index (χ4n) is 11.4. The summed E-state index contributed by atoms with van der Waals surface area (Å²) < 4.78 is 68.4. The maximum atomic E-state index is 13.1. The van der Waals surface area contributed by atoms with E-state index in [1.54, 1.807) is 0 Å². The van der Waals surface area contributed by atoms with Crippen molar-refractivity contribution in [1.82, 2.24) is 0 Å². The Morgan fingerprint density at radius 2 is 0.447 bits per heavy atom. The second kappa shape index (κ2) is 64.4. The van der Waals surface area contributed by atoms with Crippen molar-refractivity contribution in [1.29, 1.82) is 0 Å². The lowest BCUT2D eigenvalue weighted by Gasteiger charge is -2.21. The van der Waals surface area contributed by atoms with Gasteiger partial charge >= 0.3 is 39.5 Å². The smallest absolute Gasteiger partial charge is 0.462 e. The Labute approximate surface area is 575 Å². The van der Waals surface area contributed by atoms with E-state index >= 15 is 0 Å². The summed E-state index contributed by atoms with van der Waals surface area (Å²) in [5.74, 6) is 0.862. The summed E-state index contributed by atoms with van der Waals surface area (Å²) >= 11 is 0. The lowest BCUT2D eigenvalue weighted by atomic mass is 10.0. The first-order valence-electron chi connectivity index (χ1n) is 38.7. The van der Waals surface area contributed by atoms with Crippen molar-refractivity contribution in [2.24, 2.45) is 23.7 Å². The summed E-state index contributed by atoms with van der Waals surface area (Å²) in [5.41, 5.74) is 0. The summed E-state index contributed by atoms with van der Waals surface area (Å²) in [6, 6.07) is 0. The van der Waals surface area contributed by atoms with Crippen molar-refractivity contribution in [3.63, 3.8) is 0 Å². The quantitative estimate of drug-likeness (QED) is 0.0222. The molecule has 0 aliphatic carbocycles. The third-order valence-electron chi connectivity index (χ3n) is 17.3. The summed E-state index contributed by atoms with van der Waals surface area (Å²) in [5, 5.41) is 10.6. The molecule has 3 N–H and O–H groups in total. The molecule has 0 aliphatic rings. The number of aliphatic hydroxyl groups excluding tert-OH is 1. The number of ether oxygens (including phenoxy) is 4. The molecule has 94 heavy (non-hydrogen) atoms. The SMILES string of the molecule is CC(C)CCCCCCCCCCCCCCCCCC(=O)OC[C@H](COP(=O)(O)OCC(O)COP(=O)(O)OC[C@@H](COC(=O)CCCCCCCCCCC(C)C)OC(=O)CCCCCCCCC(C)C)OC(=O)CCCCCCCCCCCCCCCC(C)C. The molecular formula is C75H146O17P2. The van der Waals surface area contributed by atoms with E-state index in [0.29, 0.717) is 31.6 Å². The van der Waals surface area contributed by atoms with Crippen LogP contribution in [0.25, 0.3) is 0 Å². The van der Waals surface area contributed by atoms with Crippen molar-refractivity contribution in [2.45, 2.75) is 395 Å². The molecule has 0 aromatic carbocycles. The molecule has 3 unspecified atom stereocenters. The van der Waals surface area contributed by atoms with Gasteiger partial charge in [0.1, 0.15) is 19.3 Å². The van der Waals surface area contributed by atoms with Crippen LogP contribution in [0.4, 0.5) is 0 Å². The van der Waals surface area contributed by atoms with E-state index in [1.807, 2.05) is 0 Å². The van der Waals surface area contributed by atoms with Gasteiger partial charge in [0.15, 0.2) is 12.2 Å². The molecule has 0 bridgehead atoms. The average molecular weight is 1380 g/mol. The van der Waals surface area contributed by atoms with Crippen molar-refractivity contribution in [3.05, 3.63) is 0 Å². The molecule has 0 spiro atoms. The first-order chi connectivity index (χ1) is 45.1. The summed E-state index contributed by atoms with van der Waals surface area (Å²) in [7, 11) is -9.91. The molecular weight excluding hydrogens is 1230 g/mol. The van der Waals surface area contributed by atoms with Gasteiger partial charge in [-0.3, -0.25) is 37.3 Å². The van der Waals surface area contributed by atoms with Crippen LogP contribution in [-0.2, 0) is 65.4 Å². The van der Waals surface area contributed by atoms with Crippen LogP contribution in [0.2, 0.25) is 0 Å². The minimum Gasteiger partial charge on any atom is -0.462 e. The fourth-order valence-corrected chi connectivity index (χ4v) is 13.0. The van der Waals surface area contributed by atoms with E-state index < -0.39 is 97.5 Å². The highest BCUT2D eigenvalue weighted by atomic mass is 31.2. The zero-order valence-corrected chi connectivity index (χ0v) is 63.4. The first kappa shape index (κ1) is 92.1. The number of hydrogen-bond donors (Lipinski definition) is 3. The van der Waals surface area contributed by atoms with E-state index in [2.05, 4.69) is 55.4 Å². The molecule has 5 atom stereocenters. The van der Waals surface area contributed by atoms with Crippen LogP contribution in [0.15, 0.2) is 0 Å². The zero-order valence-electron chi connectivity index (χ0n) is 61.6. The maximum Gasteiger partial charge on any atom is 0.472 e. The molecule has 0 saturated heterocycles. The Balaban J connectivity index is 5.21. The Kier molecular flexibility index (Phi) is 63.1. The summed E-state index contributed by atoms with van der Waals surface area (Å²) in [6.07, 6.45) is 48.8. The highest BCUT2D eigenvalue weighted by Gasteiger charge is 2.30. The van der Waals surface area contributed by atoms with Gasteiger partial charge in [-0.1, -0.05) is 325 Å². The van der Waals surface area contributed by atoms with Crippen LogP contribution >= 0.6 is 15.6 Å². The molecule has 0 amide bonds. The molecule has 19 heteroatoms. The van der Waals surface area contributed by atoms with E-state index in [1.165, 1.54) is 180 Å². The number of hydrogen-bond acceptors (Lipinski definition) is 15. The standard InChI is InChI=1S/C75H146O17P2/c1-65(2)51-43-35-27-21-17-13-10-9-11-15-19-23-30-39-47-55-72(77)85-61-70(91-74(79)57-49-41-32-24-20-16-12-14-18-22-28-36-44-52-66(3)4)63-89-93(81,82)87-59-69(76)60-88-94(83,84)90-64-71(92-75(80)58-50-42-34-33-38-46-54-68(7)8)62-86-73(78)56-48-40-31-26-25-29-37-45-53-67(5)6/h65-71,76H,9-64H2,1-8H3,(H,81,82)(H,83,84)/t69?,70-,71-/m1/s1. The van der Waals surface area contributed by atoms with Gasteiger partial charge in [-0.25, -0.2) is 9.13 Å². The number of unbranched alkanes of at least 4 members (excludes halogenated alkanes) is 38. The van der Waals surface area contributed by atoms with Crippen LogP contribution in [-0.4, -0.2) is 96.7 Å². The first-order valence-corrected chi connectivity index (χ1v) is 41.7. The Morgan fingerprint density at radius 3 is 0.660 bits per heavy atom. The van der Waals surface area contributed by atoms with Gasteiger partial charge in [0.25, 0.3) is 0 Å². The fraction of sp³-hybridized carbons (Fsp3) is 0.947. The molecule has 0 aromatic rings. The van der Waals surface area contributed by atoms with E-state index in [-0.39, 0.29) is 25.7 Å². The van der Waals surface area contributed by atoms with Crippen molar-refractivity contribution in [3.8, 4) is 0 Å². The Bertz CT molecular complexity index is 1850. The van der Waals surface area contributed by atoms with Gasteiger partial charge in [-0.05, 0) is 49.4 Å². The minimum absolute atomic E-state index is 0.101. The second-order valence-corrected chi connectivity index (χ2v) is 31.9. The molecule has 558 valence electrons. The molecule has 0 heterocycles. The normalized spacial score (nSPS) is 14.2. The van der Waals surface area contributed by atoms with Gasteiger partial charge in [-0.2, -0.15) is 0 Å². The van der Waals surface area contributed by atoms with Gasteiger partial charge in [0.2, 0.25) is 0 Å². The molecule has 0 aromatic heterocycles. The van der Waals surface area contributed by atoms with Gasteiger partial charge in [0, 0.05) is 25.7 Å². The van der Waals surface area contributed by atoms with E-state index in [4.69, 9.17) is 37.0 Å². The van der Waals surface area contributed by atoms with Crippen LogP contribution in [0.5, 0.6) is 0 Å². The lowest BCUT2D eigenvalue weighted by molar-refractivity contribution is -0.161. The summed E-state index contributed by atoms with van der Waals surface area (Å²) in [4.78, 5) is 72.7. The number of phosphoric ester groups is 2. The highest BCUT2D eigenvalue weighted by Crippen LogP contribution is 2.45. The van der Waals surface area contributed by atoms with Crippen molar-refractivity contribution in [2.75, 3.05) is 39.6 Å². The van der Waals surface area contributed by atoms with Gasteiger partial charge in [-0.15, -0.1) is 0 Å². The largest absolute Gasteiger partial charge is 0.472 e. The zero-order chi connectivity index (χ0) is 69.6. The number of rotatable bonds is 72. The predicted molar refractivity (Wildman–Crippen MR) is 381 cm³/mol. The number of carbonyl (C=O) groups excluding carboxylic acids is 4. The molecule has 0 radical (unpaired) electrons. The van der Waals surface area contributed by atoms with E-state index in [0.717, 1.165) is 108 Å². The van der Waals surface area contributed by atoms with Gasteiger partial charge < -0.3 is 33.8 Å². The Morgan fingerprint density at radius 1 is 0.266 bits per heavy atom. The number of aliphatic hydroxyl groups is 1. The molecule has 17 nitrogen and oxygen atoms in total. The summed E-state index contributed by atoms with van der Waals surface area (Å²) in [6.45, 7) is 14.1. The number of esters is 4. The second-order valence-electron chi connectivity index (χ2n) is 28.9. The molecule has 0 aliphatic heterocycles. The van der Waals surface area contributed by atoms with Crippen molar-refractivity contribution >= 4 is 39.5 Å². The predicted octanol–water partition coefficient (Wildman–Crippen LogP) is 21.7. The average Bonchev–Trinajstić information content (AvgIpc) is 1.95. The minimum atomic E-state index is -4.96. The van der Waals surface area contributed by atoms with Gasteiger partial charge in [0.05, 0.1) is 26.4 Å². The molecule has 0 rings (SSSR count). The van der Waals surface area contributed by atoms with Crippen molar-refractivity contribution < 1.29 is 80.2 Å². The van der Waals surface area contributed by atoms with Crippen LogP contribution in [0, 0.1) is 23.7 Å².